The maximum Gasteiger partial charge on any atom is 0.306 e. The van der Waals surface area contributed by atoms with Crippen molar-refractivity contribution in [2.75, 3.05) is 18.1 Å². The van der Waals surface area contributed by atoms with Crippen molar-refractivity contribution < 1.29 is 27.5 Å². The Morgan fingerprint density at radius 2 is 0.621 bits per heavy atom. The third-order valence-electron chi connectivity index (χ3n) is 11.9. The van der Waals surface area contributed by atoms with E-state index in [0.717, 1.165) is 57.8 Å². The van der Waals surface area contributed by atoms with Crippen LogP contribution in [-0.2, 0) is 28.9 Å². The van der Waals surface area contributed by atoms with Crippen molar-refractivity contribution in [2.45, 2.75) is 297 Å². The van der Waals surface area contributed by atoms with Gasteiger partial charge in [0.05, 0.1) is 11.5 Å². The summed E-state index contributed by atoms with van der Waals surface area (Å²) in [6.45, 7) is 6.60. The molecule has 1 atom stereocenters. The highest BCUT2D eigenvalue weighted by Gasteiger charge is 2.24. The van der Waals surface area contributed by atoms with Crippen LogP contribution < -0.4 is 0 Å². The summed E-state index contributed by atoms with van der Waals surface area (Å²) in [6.07, 6.45) is 48.9. The van der Waals surface area contributed by atoms with Crippen molar-refractivity contribution in [3.8, 4) is 0 Å². The molecule has 7 heteroatoms. The number of rotatable bonds is 48. The Morgan fingerprint density at radius 1 is 0.362 bits per heavy atom. The summed E-state index contributed by atoms with van der Waals surface area (Å²) in [5, 5.41) is 0. The topological polar surface area (TPSA) is 86.7 Å². The van der Waals surface area contributed by atoms with Crippen molar-refractivity contribution in [2.24, 2.45) is 0 Å². The molecule has 0 fully saturated rings. The fraction of sp³-hybridized carbons (Fsp3) is 0.961. The Bertz CT molecular complexity index is 966. The highest BCUT2D eigenvalue weighted by Crippen LogP contribution is 2.17. The second kappa shape index (κ2) is 45.4. The molecule has 0 aliphatic rings. The zero-order valence-corrected chi connectivity index (χ0v) is 40.1. The summed E-state index contributed by atoms with van der Waals surface area (Å²) >= 11 is 0. The van der Waals surface area contributed by atoms with Gasteiger partial charge >= 0.3 is 11.9 Å². The first-order chi connectivity index (χ1) is 28.3. The van der Waals surface area contributed by atoms with Gasteiger partial charge in [0, 0.05) is 12.8 Å². The molecule has 58 heavy (non-hydrogen) atoms. The van der Waals surface area contributed by atoms with Gasteiger partial charge in [0.25, 0.3) is 0 Å². The number of esters is 2. The predicted octanol–water partition coefficient (Wildman–Crippen LogP) is 16.3. The van der Waals surface area contributed by atoms with E-state index in [1.165, 1.54) is 193 Å². The lowest BCUT2D eigenvalue weighted by molar-refractivity contribution is -0.157. The van der Waals surface area contributed by atoms with E-state index in [-0.39, 0.29) is 36.5 Å². The number of carbonyl (C=O) groups excluding carboxylic acids is 2. The average molecular weight is 841 g/mol. The van der Waals surface area contributed by atoms with E-state index in [1.807, 2.05) is 0 Å². The van der Waals surface area contributed by atoms with E-state index >= 15 is 0 Å². The standard InChI is InChI=1S/C51H100O6S/c1-4-7-10-13-16-19-22-25-28-31-34-37-40-43-46-58(54,55)48-49(57-51(53)45-42-39-36-33-30-27-24-21-18-15-12-9-6-3)47-56-50(52)44-41-38-35-32-29-26-23-20-17-14-11-8-5-2/h49H,4-48H2,1-3H3/t49-/m1/s1. The summed E-state index contributed by atoms with van der Waals surface area (Å²) in [5.74, 6) is -0.899. The van der Waals surface area contributed by atoms with Crippen LogP contribution in [0.25, 0.3) is 0 Å². The zero-order valence-electron chi connectivity index (χ0n) is 39.3. The fourth-order valence-corrected chi connectivity index (χ4v) is 9.62. The highest BCUT2D eigenvalue weighted by molar-refractivity contribution is 7.91. The van der Waals surface area contributed by atoms with Gasteiger partial charge in [-0.3, -0.25) is 9.59 Å². The van der Waals surface area contributed by atoms with E-state index in [2.05, 4.69) is 20.8 Å². The summed E-state index contributed by atoms with van der Waals surface area (Å²) in [6, 6.07) is 0. The lowest BCUT2D eigenvalue weighted by atomic mass is 10.0. The van der Waals surface area contributed by atoms with Crippen LogP contribution in [0.4, 0.5) is 0 Å². The van der Waals surface area contributed by atoms with Crippen LogP contribution in [0.15, 0.2) is 0 Å². The van der Waals surface area contributed by atoms with Gasteiger partial charge in [0.15, 0.2) is 9.84 Å². The number of sulfone groups is 1. The SMILES string of the molecule is CCCCCCCCCCCCCCCCS(=O)(=O)C[C@@H](COC(=O)CCCCCCCCCCCCCCC)OC(=O)CCCCCCCCCCCCCCC. The lowest BCUT2D eigenvalue weighted by Crippen LogP contribution is -2.33. The van der Waals surface area contributed by atoms with Crippen molar-refractivity contribution in [1.29, 1.82) is 0 Å². The molecule has 0 saturated heterocycles. The monoisotopic (exact) mass is 841 g/mol. The van der Waals surface area contributed by atoms with Crippen LogP contribution in [0.2, 0.25) is 0 Å². The van der Waals surface area contributed by atoms with Gasteiger partial charge in [-0.1, -0.05) is 258 Å². The molecule has 0 spiro atoms. The van der Waals surface area contributed by atoms with E-state index in [1.54, 1.807) is 0 Å². The lowest BCUT2D eigenvalue weighted by Gasteiger charge is -2.18. The Morgan fingerprint density at radius 3 is 0.931 bits per heavy atom. The van der Waals surface area contributed by atoms with Crippen LogP contribution in [0, 0.1) is 0 Å². The largest absolute Gasteiger partial charge is 0.462 e. The van der Waals surface area contributed by atoms with Crippen molar-refractivity contribution >= 4 is 21.8 Å². The summed E-state index contributed by atoms with van der Waals surface area (Å²) in [7, 11) is -3.45. The molecule has 0 rings (SSSR count). The first kappa shape index (κ1) is 56.9. The van der Waals surface area contributed by atoms with Crippen molar-refractivity contribution in [3.05, 3.63) is 0 Å². The number of carbonyl (C=O) groups is 2. The van der Waals surface area contributed by atoms with Crippen LogP contribution in [0.5, 0.6) is 0 Å². The minimum atomic E-state index is -3.45. The number of hydrogen-bond donors (Lipinski definition) is 0. The molecule has 0 aliphatic carbocycles. The molecule has 6 nitrogen and oxygen atoms in total. The summed E-state index contributed by atoms with van der Waals surface area (Å²) in [4.78, 5) is 25.4. The minimum absolute atomic E-state index is 0.0881. The molecule has 346 valence electrons. The molecule has 0 aliphatic heterocycles. The predicted molar refractivity (Wildman–Crippen MR) is 250 cm³/mol. The van der Waals surface area contributed by atoms with Gasteiger partial charge in [0.1, 0.15) is 12.7 Å². The van der Waals surface area contributed by atoms with Crippen molar-refractivity contribution in [1.82, 2.24) is 0 Å². The van der Waals surface area contributed by atoms with E-state index in [0.29, 0.717) is 12.8 Å². The zero-order chi connectivity index (χ0) is 42.5. The molecule has 0 heterocycles. The summed E-state index contributed by atoms with van der Waals surface area (Å²) < 4.78 is 37.5. The fourth-order valence-electron chi connectivity index (χ4n) is 8.08. The highest BCUT2D eigenvalue weighted by atomic mass is 32.2. The number of hydrogen-bond acceptors (Lipinski definition) is 6. The first-order valence-electron chi connectivity index (χ1n) is 25.9. The maximum atomic E-state index is 13.1. The minimum Gasteiger partial charge on any atom is -0.462 e. The number of ether oxygens (including phenoxy) is 2. The van der Waals surface area contributed by atoms with E-state index in [4.69, 9.17) is 9.47 Å². The normalized spacial score (nSPS) is 12.3. The van der Waals surface area contributed by atoms with Gasteiger partial charge in [-0.25, -0.2) is 8.42 Å². The van der Waals surface area contributed by atoms with Gasteiger partial charge in [-0.2, -0.15) is 0 Å². The molecule has 0 amide bonds. The maximum absolute atomic E-state index is 13.1. The quantitative estimate of drug-likeness (QED) is 0.0448. The third kappa shape index (κ3) is 44.4. The molecule has 0 radical (unpaired) electrons. The first-order valence-corrected chi connectivity index (χ1v) is 27.7. The van der Waals surface area contributed by atoms with Gasteiger partial charge in [-0.05, 0) is 19.3 Å². The molecular weight excluding hydrogens is 741 g/mol. The third-order valence-corrected chi connectivity index (χ3v) is 13.7. The molecule has 0 aromatic heterocycles. The van der Waals surface area contributed by atoms with E-state index in [9.17, 15) is 18.0 Å². The number of unbranched alkanes of at least 4 members (excludes halogenated alkanes) is 37. The molecule has 0 aromatic carbocycles. The Balaban J connectivity index is 4.45. The van der Waals surface area contributed by atoms with Crippen LogP contribution in [0.3, 0.4) is 0 Å². The summed E-state index contributed by atoms with van der Waals surface area (Å²) in [5.41, 5.74) is 0. The second-order valence-corrected chi connectivity index (χ2v) is 20.2. The molecular formula is C51H100O6S. The van der Waals surface area contributed by atoms with Crippen molar-refractivity contribution in [3.63, 3.8) is 0 Å². The van der Waals surface area contributed by atoms with Gasteiger partial charge in [-0.15, -0.1) is 0 Å². The van der Waals surface area contributed by atoms with Gasteiger partial charge < -0.3 is 9.47 Å². The molecule has 0 saturated carbocycles. The molecule has 0 aromatic rings. The smallest absolute Gasteiger partial charge is 0.306 e. The van der Waals surface area contributed by atoms with Crippen LogP contribution >= 0.6 is 0 Å². The second-order valence-electron chi connectivity index (χ2n) is 18.0. The molecule has 0 unspecified atom stereocenters. The van der Waals surface area contributed by atoms with Gasteiger partial charge in [0.2, 0.25) is 0 Å². The Kier molecular flexibility index (Phi) is 44.5. The van der Waals surface area contributed by atoms with Crippen LogP contribution in [0.1, 0.15) is 290 Å². The molecule has 0 bridgehead atoms. The van der Waals surface area contributed by atoms with E-state index < -0.39 is 15.9 Å². The average Bonchev–Trinajstić information content (AvgIpc) is 3.20. The van der Waals surface area contributed by atoms with Crippen LogP contribution in [-0.4, -0.2) is 44.6 Å². The Labute approximate surface area is 362 Å². The Hall–Kier alpha value is -1.11. The molecule has 0 N–H and O–H groups in total.